The molecule has 0 aliphatic heterocycles. The van der Waals surface area contributed by atoms with Gasteiger partial charge in [0.05, 0.1) is 10.6 Å². The molecule has 0 saturated carbocycles. The molecule has 0 aliphatic carbocycles. The molecule has 0 aliphatic rings. The van der Waals surface area contributed by atoms with E-state index in [4.69, 9.17) is 11.6 Å². The molecule has 0 atom stereocenters. The van der Waals surface area contributed by atoms with Gasteiger partial charge in [0, 0.05) is 16.8 Å². The molecule has 0 saturated heterocycles. The summed E-state index contributed by atoms with van der Waals surface area (Å²) in [4.78, 5) is 12.0. The predicted octanol–water partition coefficient (Wildman–Crippen LogP) is 4.93. The number of carbonyl (C=O) groups is 1. The Morgan fingerprint density at radius 1 is 0.931 bits per heavy atom. The molecule has 0 fully saturated rings. The summed E-state index contributed by atoms with van der Waals surface area (Å²) in [7, 11) is -3.96. The number of hydrogen-bond donors (Lipinski definition) is 2. The van der Waals surface area contributed by atoms with Gasteiger partial charge < -0.3 is 5.32 Å². The van der Waals surface area contributed by atoms with Crippen LogP contribution in [0.3, 0.4) is 0 Å². The Bertz CT molecular complexity index is 1160. The third-order valence-corrected chi connectivity index (χ3v) is 5.60. The maximum absolute atomic E-state index is 13.7. The van der Waals surface area contributed by atoms with Crippen LogP contribution in [0.1, 0.15) is 5.56 Å². The van der Waals surface area contributed by atoms with Crippen LogP contribution >= 0.6 is 11.6 Å². The molecule has 148 valence electrons. The number of halogens is 2. The van der Waals surface area contributed by atoms with Crippen molar-refractivity contribution in [1.82, 2.24) is 0 Å². The summed E-state index contributed by atoms with van der Waals surface area (Å²) in [5, 5.41) is 3.15. The third kappa shape index (κ3) is 5.43. The fraction of sp³-hybridized carbons (Fsp3) is 0. The van der Waals surface area contributed by atoms with Gasteiger partial charge >= 0.3 is 0 Å². The lowest BCUT2D eigenvalue weighted by molar-refractivity contribution is -0.111. The van der Waals surface area contributed by atoms with E-state index in [-0.39, 0.29) is 10.6 Å². The van der Waals surface area contributed by atoms with E-state index in [1.807, 2.05) is 0 Å². The van der Waals surface area contributed by atoms with Crippen molar-refractivity contribution in [3.63, 3.8) is 0 Å². The number of sulfonamides is 1. The average Bonchev–Trinajstić information content (AvgIpc) is 2.69. The van der Waals surface area contributed by atoms with Gasteiger partial charge in [-0.1, -0.05) is 41.9 Å². The minimum Gasteiger partial charge on any atom is -0.323 e. The van der Waals surface area contributed by atoms with Crippen molar-refractivity contribution in [2.24, 2.45) is 0 Å². The number of rotatable bonds is 6. The molecular weight excluding hydrogens is 415 g/mol. The Balaban J connectivity index is 1.67. The molecule has 0 unspecified atom stereocenters. The number of hydrogen-bond acceptors (Lipinski definition) is 3. The fourth-order valence-electron chi connectivity index (χ4n) is 2.42. The highest BCUT2D eigenvalue weighted by molar-refractivity contribution is 7.92. The number of carbonyl (C=O) groups excluding carboxylic acids is 1. The molecule has 5 nitrogen and oxygen atoms in total. The molecule has 3 aromatic rings. The highest BCUT2D eigenvalue weighted by atomic mass is 35.5. The van der Waals surface area contributed by atoms with E-state index in [0.717, 1.165) is 6.07 Å². The molecule has 29 heavy (non-hydrogen) atoms. The van der Waals surface area contributed by atoms with E-state index in [0.29, 0.717) is 16.3 Å². The number of amides is 1. The van der Waals surface area contributed by atoms with E-state index < -0.39 is 21.7 Å². The van der Waals surface area contributed by atoms with Crippen LogP contribution in [0.4, 0.5) is 15.8 Å². The monoisotopic (exact) mass is 430 g/mol. The molecule has 3 aromatic carbocycles. The van der Waals surface area contributed by atoms with Crippen LogP contribution in [0.5, 0.6) is 0 Å². The molecule has 1 amide bonds. The van der Waals surface area contributed by atoms with E-state index in [1.165, 1.54) is 48.5 Å². The summed E-state index contributed by atoms with van der Waals surface area (Å²) >= 11 is 6.03. The van der Waals surface area contributed by atoms with Gasteiger partial charge in [-0.15, -0.1) is 0 Å². The Labute approximate surface area is 172 Å². The molecule has 0 aromatic heterocycles. The van der Waals surface area contributed by atoms with Gasteiger partial charge in [0.25, 0.3) is 10.0 Å². The molecule has 0 radical (unpaired) electrons. The molecule has 0 heterocycles. The van der Waals surface area contributed by atoms with Crippen molar-refractivity contribution in [2.75, 3.05) is 10.0 Å². The third-order valence-electron chi connectivity index (χ3n) is 3.87. The second-order valence-electron chi connectivity index (χ2n) is 5.95. The molecule has 0 bridgehead atoms. The van der Waals surface area contributed by atoms with Gasteiger partial charge in [-0.3, -0.25) is 9.52 Å². The fourth-order valence-corrected chi connectivity index (χ4v) is 3.69. The van der Waals surface area contributed by atoms with E-state index >= 15 is 0 Å². The molecule has 3 rings (SSSR count). The van der Waals surface area contributed by atoms with Gasteiger partial charge in [-0.05, 0) is 54.1 Å². The SMILES string of the molecule is O=C(/C=C/c1ccccc1Cl)Nc1ccc(S(=O)(=O)Nc2ccccc2F)cc1. The Hall–Kier alpha value is -3.16. The van der Waals surface area contributed by atoms with Crippen LogP contribution in [0.15, 0.2) is 83.8 Å². The summed E-state index contributed by atoms with van der Waals surface area (Å²) in [6.07, 6.45) is 2.90. The van der Waals surface area contributed by atoms with Crippen LogP contribution in [0.25, 0.3) is 6.08 Å². The van der Waals surface area contributed by atoms with Crippen LogP contribution < -0.4 is 10.0 Å². The maximum Gasteiger partial charge on any atom is 0.261 e. The first-order valence-corrected chi connectivity index (χ1v) is 10.3. The van der Waals surface area contributed by atoms with Crippen molar-refractivity contribution in [3.8, 4) is 0 Å². The van der Waals surface area contributed by atoms with Crippen molar-refractivity contribution in [1.29, 1.82) is 0 Å². The molecule has 8 heteroatoms. The summed E-state index contributed by atoms with van der Waals surface area (Å²) in [6, 6.07) is 18.1. The van der Waals surface area contributed by atoms with Gasteiger partial charge in [0.2, 0.25) is 5.91 Å². The first-order chi connectivity index (χ1) is 13.8. The molecular formula is C21H16ClFN2O3S. The van der Waals surface area contributed by atoms with Gasteiger partial charge in [0.15, 0.2) is 0 Å². The number of anilines is 2. The van der Waals surface area contributed by atoms with Gasteiger partial charge in [-0.2, -0.15) is 0 Å². The Kier molecular flexibility index (Phi) is 6.31. The number of nitrogens with one attached hydrogen (secondary N) is 2. The van der Waals surface area contributed by atoms with Crippen LogP contribution in [0.2, 0.25) is 5.02 Å². The highest BCUT2D eigenvalue weighted by Gasteiger charge is 2.16. The van der Waals surface area contributed by atoms with Gasteiger partial charge in [-0.25, -0.2) is 12.8 Å². The molecule has 2 N–H and O–H groups in total. The number of benzene rings is 3. The lowest BCUT2D eigenvalue weighted by Gasteiger charge is -2.09. The van der Waals surface area contributed by atoms with Crippen molar-refractivity contribution in [2.45, 2.75) is 4.90 Å². The Morgan fingerprint density at radius 2 is 1.59 bits per heavy atom. The van der Waals surface area contributed by atoms with Crippen LogP contribution in [-0.4, -0.2) is 14.3 Å². The largest absolute Gasteiger partial charge is 0.323 e. The van der Waals surface area contributed by atoms with Crippen LogP contribution in [0, 0.1) is 5.82 Å². The second-order valence-corrected chi connectivity index (χ2v) is 8.04. The zero-order valence-electron chi connectivity index (χ0n) is 15.0. The Morgan fingerprint density at radius 3 is 2.28 bits per heavy atom. The van der Waals surface area contributed by atoms with Crippen molar-refractivity contribution in [3.05, 3.63) is 95.3 Å². The first-order valence-electron chi connectivity index (χ1n) is 8.46. The zero-order valence-corrected chi connectivity index (χ0v) is 16.5. The highest BCUT2D eigenvalue weighted by Crippen LogP contribution is 2.20. The second kappa shape index (κ2) is 8.89. The summed E-state index contributed by atoms with van der Waals surface area (Å²) in [5.41, 5.74) is 0.961. The first kappa shape index (κ1) is 20.6. The van der Waals surface area contributed by atoms with Crippen molar-refractivity contribution >= 4 is 45.0 Å². The average molecular weight is 431 g/mol. The van der Waals surface area contributed by atoms with E-state index in [2.05, 4.69) is 10.0 Å². The topological polar surface area (TPSA) is 75.3 Å². The number of para-hydroxylation sites is 1. The van der Waals surface area contributed by atoms with Crippen molar-refractivity contribution < 1.29 is 17.6 Å². The zero-order chi connectivity index (χ0) is 20.9. The minimum absolute atomic E-state index is 0.0645. The van der Waals surface area contributed by atoms with E-state index in [1.54, 1.807) is 30.3 Å². The minimum atomic E-state index is -3.96. The smallest absolute Gasteiger partial charge is 0.261 e. The maximum atomic E-state index is 13.7. The lowest BCUT2D eigenvalue weighted by Crippen LogP contribution is -2.14. The standard InChI is InChI=1S/C21H16ClFN2O3S/c22-18-6-2-1-5-15(18)9-14-21(26)24-16-10-12-17(13-11-16)29(27,28)25-20-8-4-3-7-19(20)23/h1-14,25H,(H,24,26)/b14-9+. The van der Waals surface area contributed by atoms with E-state index in [9.17, 15) is 17.6 Å². The predicted molar refractivity (Wildman–Crippen MR) is 113 cm³/mol. The summed E-state index contributed by atoms with van der Waals surface area (Å²) in [6.45, 7) is 0. The van der Waals surface area contributed by atoms with Crippen LogP contribution in [-0.2, 0) is 14.8 Å². The van der Waals surface area contributed by atoms with Gasteiger partial charge in [0.1, 0.15) is 5.82 Å². The molecule has 0 spiro atoms. The lowest BCUT2D eigenvalue weighted by atomic mass is 10.2. The quantitative estimate of drug-likeness (QED) is 0.544. The summed E-state index contributed by atoms with van der Waals surface area (Å²) in [5.74, 6) is -1.07. The normalized spacial score (nSPS) is 11.4. The summed E-state index contributed by atoms with van der Waals surface area (Å²) < 4.78 is 40.6.